The molecule has 0 aromatic heterocycles. The SMILES string of the molecule is CC1COc2ccc(N)cc2CN1. The van der Waals surface area contributed by atoms with Gasteiger partial charge in [-0.25, -0.2) is 0 Å². The quantitative estimate of drug-likeness (QED) is 0.586. The van der Waals surface area contributed by atoms with Gasteiger partial charge in [0.2, 0.25) is 0 Å². The average molecular weight is 178 g/mol. The zero-order valence-electron chi connectivity index (χ0n) is 7.71. The van der Waals surface area contributed by atoms with Crippen LogP contribution in [0.15, 0.2) is 18.2 Å². The fraction of sp³-hybridized carbons (Fsp3) is 0.400. The number of benzene rings is 1. The number of anilines is 1. The van der Waals surface area contributed by atoms with Gasteiger partial charge in [0, 0.05) is 23.8 Å². The second kappa shape index (κ2) is 3.26. The van der Waals surface area contributed by atoms with Crippen molar-refractivity contribution in [3.05, 3.63) is 23.8 Å². The smallest absolute Gasteiger partial charge is 0.124 e. The van der Waals surface area contributed by atoms with Gasteiger partial charge in [0.25, 0.3) is 0 Å². The fourth-order valence-electron chi connectivity index (χ4n) is 1.44. The third kappa shape index (κ3) is 1.75. The molecular formula is C10H14N2O. The number of nitrogens with two attached hydrogens (primary N) is 1. The molecule has 1 heterocycles. The Morgan fingerprint density at radius 1 is 1.54 bits per heavy atom. The van der Waals surface area contributed by atoms with E-state index in [1.165, 1.54) is 0 Å². The first kappa shape index (κ1) is 8.38. The van der Waals surface area contributed by atoms with Crippen LogP contribution in [0.25, 0.3) is 0 Å². The van der Waals surface area contributed by atoms with E-state index in [1.54, 1.807) is 0 Å². The van der Waals surface area contributed by atoms with E-state index in [9.17, 15) is 0 Å². The molecule has 0 spiro atoms. The van der Waals surface area contributed by atoms with Gasteiger partial charge in [0.05, 0.1) is 0 Å². The average Bonchev–Trinajstić information content (AvgIpc) is 2.29. The number of fused-ring (bicyclic) bond motifs is 1. The molecule has 0 saturated heterocycles. The Kier molecular flexibility index (Phi) is 2.10. The van der Waals surface area contributed by atoms with Crippen molar-refractivity contribution in [1.82, 2.24) is 5.32 Å². The highest BCUT2D eigenvalue weighted by molar-refractivity contribution is 5.48. The molecule has 1 aliphatic heterocycles. The minimum absolute atomic E-state index is 0.397. The molecule has 0 amide bonds. The summed E-state index contributed by atoms with van der Waals surface area (Å²) in [5.74, 6) is 0.950. The predicted octanol–water partition coefficient (Wildman–Crippen LogP) is 1.14. The zero-order valence-corrected chi connectivity index (χ0v) is 7.71. The van der Waals surface area contributed by atoms with Gasteiger partial charge < -0.3 is 15.8 Å². The summed E-state index contributed by atoms with van der Waals surface area (Å²) in [5.41, 5.74) is 7.62. The molecule has 3 N–H and O–H groups in total. The predicted molar refractivity (Wildman–Crippen MR) is 52.7 cm³/mol. The molecule has 13 heavy (non-hydrogen) atoms. The van der Waals surface area contributed by atoms with Crippen LogP contribution in [0.3, 0.4) is 0 Å². The van der Waals surface area contributed by atoms with Gasteiger partial charge in [-0.3, -0.25) is 0 Å². The van der Waals surface area contributed by atoms with Crippen molar-refractivity contribution in [2.75, 3.05) is 12.3 Å². The molecule has 1 aromatic rings. The van der Waals surface area contributed by atoms with E-state index in [1.807, 2.05) is 18.2 Å². The first-order valence-electron chi connectivity index (χ1n) is 4.50. The highest BCUT2D eigenvalue weighted by Gasteiger charge is 2.12. The van der Waals surface area contributed by atoms with Crippen LogP contribution in [-0.2, 0) is 6.54 Å². The zero-order chi connectivity index (χ0) is 9.26. The molecule has 70 valence electrons. The Labute approximate surface area is 77.9 Å². The van der Waals surface area contributed by atoms with Crippen molar-refractivity contribution in [1.29, 1.82) is 0 Å². The van der Waals surface area contributed by atoms with Crippen molar-refractivity contribution < 1.29 is 4.74 Å². The standard InChI is InChI=1S/C10H14N2O/c1-7-6-13-10-3-2-9(11)4-8(10)5-12-7/h2-4,7,12H,5-6,11H2,1H3. The number of nitrogens with one attached hydrogen (secondary N) is 1. The maximum atomic E-state index is 5.68. The summed E-state index contributed by atoms with van der Waals surface area (Å²) in [6.07, 6.45) is 0. The van der Waals surface area contributed by atoms with E-state index in [0.29, 0.717) is 6.04 Å². The highest BCUT2D eigenvalue weighted by Crippen LogP contribution is 2.23. The van der Waals surface area contributed by atoms with E-state index in [0.717, 1.165) is 30.2 Å². The maximum absolute atomic E-state index is 5.68. The summed E-state index contributed by atoms with van der Waals surface area (Å²) in [6, 6.07) is 6.16. The van der Waals surface area contributed by atoms with Gasteiger partial charge >= 0.3 is 0 Å². The van der Waals surface area contributed by atoms with Crippen molar-refractivity contribution in [3.8, 4) is 5.75 Å². The molecule has 0 aliphatic carbocycles. The van der Waals surface area contributed by atoms with Crippen molar-refractivity contribution in [2.45, 2.75) is 19.5 Å². The molecule has 1 atom stereocenters. The molecule has 2 rings (SSSR count). The highest BCUT2D eigenvalue weighted by atomic mass is 16.5. The Bertz CT molecular complexity index is 312. The van der Waals surface area contributed by atoms with Crippen LogP contribution in [0.4, 0.5) is 5.69 Å². The van der Waals surface area contributed by atoms with Gasteiger partial charge in [-0.05, 0) is 25.1 Å². The lowest BCUT2D eigenvalue weighted by Crippen LogP contribution is -2.28. The first-order chi connectivity index (χ1) is 6.25. The Hall–Kier alpha value is -1.22. The number of nitrogen functional groups attached to an aromatic ring is 1. The van der Waals surface area contributed by atoms with Crippen LogP contribution < -0.4 is 15.8 Å². The largest absolute Gasteiger partial charge is 0.492 e. The third-order valence-corrected chi connectivity index (χ3v) is 2.21. The number of hydrogen-bond acceptors (Lipinski definition) is 3. The fourth-order valence-corrected chi connectivity index (χ4v) is 1.44. The van der Waals surface area contributed by atoms with Crippen LogP contribution in [-0.4, -0.2) is 12.6 Å². The number of ether oxygens (including phenoxy) is 1. The lowest BCUT2D eigenvalue weighted by atomic mass is 10.2. The van der Waals surface area contributed by atoms with Crippen molar-refractivity contribution in [3.63, 3.8) is 0 Å². The summed E-state index contributed by atoms with van der Waals surface area (Å²) in [6.45, 7) is 3.66. The minimum Gasteiger partial charge on any atom is -0.492 e. The molecule has 1 aliphatic rings. The van der Waals surface area contributed by atoms with Gasteiger partial charge in [0.15, 0.2) is 0 Å². The van der Waals surface area contributed by atoms with E-state index in [-0.39, 0.29) is 0 Å². The Morgan fingerprint density at radius 2 is 2.38 bits per heavy atom. The number of hydrogen-bond donors (Lipinski definition) is 2. The lowest BCUT2D eigenvalue weighted by molar-refractivity contribution is 0.287. The van der Waals surface area contributed by atoms with Gasteiger partial charge in [0.1, 0.15) is 12.4 Å². The lowest BCUT2D eigenvalue weighted by Gasteiger charge is -2.07. The topological polar surface area (TPSA) is 47.3 Å². The van der Waals surface area contributed by atoms with Gasteiger partial charge in [-0.2, -0.15) is 0 Å². The molecule has 1 unspecified atom stereocenters. The van der Waals surface area contributed by atoms with Crippen molar-refractivity contribution in [2.24, 2.45) is 0 Å². The van der Waals surface area contributed by atoms with Gasteiger partial charge in [-0.15, -0.1) is 0 Å². The van der Waals surface area contributed by atoms with Crippen LogP contribution in [0.1, 0.15) is 12.5 Å². The minimum atomic E-state index is 0.397. The maximum Gasteiger partial charge on any atom is 0.124 e. The van der Waals surface area contributed by atoms with E-state index in [2.05, 4.69) is 12.2 Å². The number of rotatable bonds is 0. The van der Waals surface area contributed by atoms with Crippen LogP contribution >= 0.6 is 0 Å². The molecule has 3 nitrogen and oxygen atoms in total. The molecule has 3 heteroatoms. The third-order valence-electron chi connectivity index (χ3n) is 2.21. The van der Waals surface area contributed by atoms with Gasteiger partial charge in [-0.1, -0.05) is 0 Å². The molecule has 0 fully saturated rings. The Morgan fingerprint density at radius 3 is 3.23 bits per heavy atom. The first-order valence-corrected chi connectivity index (χ1v) is 4.50. The normalized spacial score (nSPS) is 21.5. The monoisotopic (exact) mass is 178 g/mol. The second-order valence-corrected chi connectivity index (χ2v) is 3.46. The summed E-state index contributed by atoms with van der Waals surface area (Å²) in [7, 11) is 0. The van der Waals surface area contributed by atoms with Crippen LogP contribution in [0.2, 0.25) is 0 Å². The molecular weight excluding hydrogens is 164 g/mol. The van der Waals surface area contributed by atoms with Crippen LogP contribution in [0, 0.1) is 0 Å². The van der Waals surface area contributed by atoms with E-state index >= 15 is 0 Å². The second-order valence-electron chi connectivity index (χ2n) is 3.46. The summed E-state index contributed by atoms with van der Waals surface area (Å²) in [5, 5.41) is 3.35. The molecule has 0 bridgehead atoms. The summed E-state index contributed by atoms with van der Waals surface area (Å²) >= 11 is 0. The van der Waals surface area contributed by atoms with Crippen LogP contribution in [0.5, 0.6) is 5.75 Å². The van der Waals surface area contributed by atoms with E-state index in [4.69, 9.17) is 10.5 Å². The summed E-state index contributed by atoms with van der Waals surface area (Å²) < 4.78 is 5.60. The summed E-state index contributed by atoms with van der Waals surface area (Å²) in [4.78, 5) is 0. The van der Waals surface area contributed by atoms with E-state index < -0.39 is 0 Å². The molecule has 0 radical (unpaired) electrons. The van der Waals surface area contributed by atoms with Crippen molar-refractivity contribution >= 4 is 5.69 Å². The Balaban J connectivity index is 2.30. The molecule has 0 saturated carbocycles. The molecule has 1 aromatic carbocycles.